The van der Waals surface area contributed by atoms with E-state index < -0.39 is 0 Å². The second-order valence-electron chi connectivity index (χ2n) is 11.0. The first kappa shape index (κ1) is 27.4. The predicted octanol–water partition coefficient (Wildman–Crippen LogP) is 7.24. The number of thioether (sulfide) groups is 1. The molecule has 0 saturated carbocycles. The number of amides is 2. The van der Waals surface area contributed by atoms with E-state index in [2.05, 4.69) is 26.1 Å². The predicted molar refractivity (Wildman–Crippen MR) is 162 cm³/mol. The number of hydrogen-bond acceptors (Lipinski definition) is 4. The van der Waals surface area contributed by atoms with E-state index in [4.69, 9.17) is 0 Å². The number of ketones is 1. The molecule has 1 atom stereocenters. The normalized spacial score (nSPS) is 15.2. The molecule has 5 nitrogen and oxygen atoms in total. The molecule has 40 heavy (non-hydrogen) atoms. The molecule has 202 valence electrons. The number of hydrogen-bond donors (Lipinski definition) is 1. The van der Waals surface area contributed by atoms with Crippen LogP contribution >= 0.6 is 11.8 Å². The van der Waals surface area contributed by atoms with Crippen molar-refractivity contribution < 1.29 is 14.4 Å². The molecule has 0 bridgehead atoms. The van der Waals surface area contributed by atoms with Gasteiger partial charge in [-0.3, -0.25) is 14.4 Å². The Morgan fingerprint density at radius 2 is 1.50 bits per heavy atom. The van der Waals surface area contributed by atoms with Crippen molar-refractivity contribution in [3.8, 4) is 0 Å². The molecule has 0 unspecified atom stereocenters. The van der Waals surface area contributed by atoms with Crippen LogP contribution in [-0.4, -0.2) is 28.3 Å². The van der Waals surface area contributed by atoms with E-state index in [-0.39, 0.29) is 28.4 Å². The van der Waals surface area contributed by atoms with Gasteiger partial charge in [0, 0.05) is 28.9 Å². The van der Waals surface area contributed by atoms with Crippen molar-refractivity contribution in [2.75, 3.05) is 11.1 Å². The summed E-state index contributed by atoms with van der Waals surface area (Å²) in [6, 6.07) is 32.0. The Kier molecular flexibility index (Phi) is 7.90. The van der Waals surface area contributed by atoms with Gasteiger partial charge in [0.2, 0.25) is 5.91 Å². The summed E-state index contributed by atoms with van der Waals surface area (Å²) in [6.07, 6.45) is 0. The number of rotatable bonds is 7. The lowest BCUT2D eigenvalue weighted by molar-refractivity contribution is -0.128. The number of benzene rings is 4. The Balaban J connectivity index is 1.26. The fraction of sp³-hybridized carbons (Fsp3) is 0.206. The van der Waals surface area contributed by atoms with Crippen molar-refractivity contribution in [2.45, 2.75) is 38.1 Å². The third-order valence-electron chi connectivity index (χ3n) is 7.02. The summed E-state index contributed by atoms with van der Waals surface area (Å²) in [6.45, 7) is 6.96. The molecule has 1 saturated heterocycles. The highest BCUT2D eigenvalue weighted by Crippen LogP contribution is 2.39. The van der Waals surface area contributed by atoms with Gasteiger partial charge in [0.25, 0.3) is 5.91 Å². The van der Waals surface area contributed by atoms with Gasteiger partial charge in [-0.05, 0) is 46.4 Å². The molecule has 1 fully saturated rings. The monoisotopic (exact) mass is 548 g/mol. The van der Waals surface area contributed by atoms with E-state index in [9.17, 15) is 14.4 Å². The first-order valence-corrected chi connectivity index (χ1v) is 14.4. The van der Waals surface area contributed by atoms with E-state index in [1.54, 1.807) is 48.2 Å². The molecule has 2 amide bonds. The van der Waals surface area contributed by atoms with Crippen molar-refractivity contribution in [2.24, 2.45) is 0 Å². The summed E-state index contributed by atoms with van der Waals surface area (Å²) >= 11 is 1.60. The molecule has 0 aliphatic carbocycles. The number of anilines is 1. The van der Waals surface area contributed by atoms with Gasteiger partial charge in [-0.15, -0.1) is 11.8 Å². The summed E-state index contributed by atoms with van der Waals surface area (Å²) in [5.41, 5.74) is 5.42. The molecule has 1 N–H and O–H groups in total. The van der Waals surface area contributed by atoms with E-state index >= 15 is 0 Å². The Morgan fingerprint density at radius 3 is 2.17 bits per heavy atom. The van der Waals surface area contributed by atoms with Crippen LogP contribution in [0.15, 0.2) is 103 Å². The molecule has 5 rings (SSSR count). The molecule has 1 aliphatic rings. The van der Waals surface area contributed by atoms with E-state index in [0.29, 0.717) is 34.7 Å². The van der Waals surface area contributed by atoms with Crippen molar-refractivity contribution in [1.29, 1.82) is 0 Å². The van der Waals surface area contributed by atoms with E-state index in [1.165, 1.54) is 0 Å². The lowest BCUT2D eigenvalue weighted by atomic mass is 9.86. The molecule has 0 radical (unpaired) electrons. The van der Waals surface area contributed by atoms with Crippen LogP contribution in [0, 0.1) is 0 Å². The van der Waals surface area contributed by atoms with Gasteiger partial charge in [-0.2, -0.15) is 0 Å². The zero-order valence-electron chi connectivity index (χ0n) is 22.9. The molecule has 0 aromatic heterocycles. The van der Waals surface area contributed by atoms with Crippen LogP contribution in [0.25, 0.3) is 0 Å². The van der Waals surface area contributed by atoms with Crippen LogP contribution < -0.4 is 5.32 Å². The van der Waals surface area contributed by atoms with Gasteiger partial charge >= 0.3 is 0 Å². The highest BCUT2D eigenvalue weighted by atomic mass is 32.2. The summed E-state index contributed by atoms with van der Waals surface area (Å²) < 4.78 is 0. The van der Waals surface area contributed by atoms with Crippen LogP contribution in [0.2, 0.25) is 0 Å². The number of carbonyl (C=O) groups is 3. The lowest BCUT2D eigenvalue weighted by Gasteiger charge is -2.24. The van der Waals surface area contributed by atoms with Gasteiger partial charge in [0.05, 0.1) is 5.75 Å². The Labute approximate surface area is 239 Å². The highest BCUT2D eigenvalue weighted by molar-refractivity contribution is 8.00. The topological polar surface area (TPSA) is 66.5 Å². The maximum absolute atomic E-state index is 13.1. The molecule has 4 aromatic carbocycles. The molecule has 1 aliphatic heterocycles. The lowest BCUT2D eigenvalue weighted by Crippen LogP contribution is -2.27. The third-order valence-corrected chi connectivity index (χ3v) is 8.27. The number of nitrogens with zero attached hydrogens (tertiary/aromatic N) is 1. The Bertz CT molecular complexity index is 1520. The van der Waals surface area contributed by atoms with Gasteiger partial charge in [-0.25, -0.2) is 0 Å². The first-order valence-electron chi connectivity index (χ1n) is 13.3. The van der Waals surface area contributed by atoms with Crippen LogP contribution in [-0.2, 0) is 16.8 Å². The fourth-order valence-corrected chi connectivity index (χ4v) is 5.90. The first-order chi connectivity index (χ1) is 19.2. The average molecular weight is 549 g/mol. The molecule has 6 heteroatoms. The van der Waals surface area contributed by atoms with Crippen LogP contribution in [0.3, 0.4) is 0 Å². The zero-order valence-corrected chi connectivity index (χ0v) is 23.7. The van der Waals surface area contributed by atoms with Gasteiger partial charge in [-0.1, -0.05) is 99.6 Å². The molecule has 0 spiro atoms. The quantitative estimate of drug-likeness (QED) is 0.247. The van der Waals surface area contributed by atoms with Gasteiger partial charge < -0.3 is 10.2 Å². The fourth-order valence-electron chi connectivity index (χ4n) is 4.71. The summed E-state index contributed by atoms with van der Waals surface area (Å²) in [4.78, 5) is 40.6. The summed E-state index contributed by atoms with van der Waals surface area (Å²) in [5.74, 6) is 0.196. The average Bonchev–Trinajstić information content (AvgIpc) is 3.32. The minimum absolute atomic E-state index is 0.0128. The van der Waals surface area contributed by atoms with Crippen molar-refractivity contribution >= 4 is 35.0 Å². The van der Waals surface area contributed by atoms with Crippen LogP contribution in [0.4, 0.5) is 5.69 Å². The minimum Gasteiger partial charge on any atom is -0.322 e. The van der Waals surface area contributed by atoms with Crippen molar-refractivity contribution in [3.05, 3.63) is 137 Å². The zero-order chi connectivity index (χ0) is 28.3. The Morgan fingerprint density at radius 1 is 0.825 bits per heavy atom. The number of nitrogens with one attached hydrogen (secondary N) is 1. The smallest absolute Gasteiger partial charge is 0.255 e. The minimum atomic E-state index is -0.262. The van der Waals surface area contributed by atoms with Crippen molar-refractivity contribution in [3.63, 3.8) is 0 Å². The highest BCUT2D eigenvalue weighted by Gasteiger charge is 2.32. The van der Waals surface area contributed by atoms with Gasteiger partial charge in [0.1, 0.15) is 5.37 Å². The van der Waals surface area contributed by atoms with Gasteiger partial charge in [0.15, 0.2) is 5.78 Å². The Hall–Kier alpha value is -4.16. The maximum Gasteiger partial charge on any atom is 0.255 e. The number of carbonyl (C=O) groups excluding carboxylic acids is 3. The molecule has 1 heterocycles. The van der Waals surface area contributed by atoms with E-state index in [1.807, 2.05) is 71.6 Å². The third kappa shape index (κ3) is 6.18. The largest absolute Gasteiger partial charge is 0.322 e. The summed E-state index contributed by atoms with van der Waals surface area (Å²) in [7, 11) is 0. The SMILES string of the molecule is CC(C)(C)c1ccc(C(=O)c2cccc(NC(=O)c3ccc([C@H]4SCC(=O)N4Cc4ccccc4)cc3)c2)cc1. The second-order valence-corrected chi connectivity index (χ2v) is 12.1. The second kappa shape index (κ2) is 11.5. The van der Waals surface area contributed by atoms with Crippen LogP contribution in [0.1, 0.15) is 69.1 Å². The molecule has 4 aromatic rings. The summed E-state index contributed by atoms with van der Waals surface area (Å²) in [5, 5.41) is 2.82. The molecular formula is C34H32N2O3S. The van der Waals surface area contributed by atoms with Crippen LogP contribution in [0.5, 0.6) is 0 Å². The van der Waals surface area contributed by atoms with Crippen molar-refractivity contribution in [1.82, 2.24) is 4.90 Å². The maximum atomic E-state index is 13.1. The molecular weight excluding hydrogens is 516 g/mol. The van der Waals surface area contributed by atoms with E-state index in [0.717, 1.165) is 16.7 Å². The standard InChI is InChI=1S/C34H32N2O3S/c1-34(2,3)28-18-16-24(17-19-28)31(38)27-10-7-11-29(20-27)35-32(39)25-12-14-26(15-13-25)33-36(30(37)22-40-33)21-23-8-5-4-6-9-23/h4-20,33H,21-22H2,1-3H3,(H,35,39)/t33-/m1/s1.